The predicted octanol–water partition coefficient (Wildman–Crippen LogP) is 5.85. The Kier molecular flexibility index (Phi) is 8.37. The van der Waals surface area contributed by atoms with E-state index in [0.29, 0.717) is 12.1 Å². The van der Waals surface area contributed by atoms with Crippen molar-refractivity contribution in [2.24, 2.45) is 0 Å². The minimum absolute atomic E-state index is 0.106. The molecule has 4 rings (SSSR count). The van der Waals surface area contributed by atoms with Crippen molar-refractivity contribution in [3.05, 3.63) is 107 Å². The molecule has 0 bridgehead atoms. The monoisotopic (exact) mass is 469 g/mol. The van der Waals surface area contributed by atoms with Crippen molar-refractivity contribution in [1.29, 1.82) is 0 Å². The summed E-state index contributed by atoms with van der Waals surface area (Å²) < 4.78 is 0. The molecule has 0 radical (unpaired) electrons. The highest BCUT2D eigenvalue weighted by atomic mass is 16.2. The van der Waals surface area contributed by atoms with Crippen LogP contribution < -0.4 is 0 Å². The summed E-state index contributed by atoms with van der Waals surface area (Å²) in [5.74, 6) is 0.106. The number of nitrogens with zero attached hydrogens (tertiary/aromatic N) is 3. The van der Waals surface area contributed by atoms with Gasteiger partial charge in [0.1, 0.15) is 0 Å². The van der Waals surface area contributed by atoms with Gasteiger partial charge in [-0.05, 0) is 56.5 Å². The molecule has 1 aliphatic heterocycles. The first-order valence-corrected chi connectivity index (χ1v) is 13.0. The molecule has 35 heavy (non-hydrogen) atoms. The Morgan fingerprint density at radius 1 is 0.800 bits per heavy atom. The number of rotatable bonds is 8. The van der Waals surface area contributed by atoms with Crippen LogP contribution >= 0.6 is 0 Å². The van der Waals surface area contributed by atoms with Gasteiger partial charge < -0.3 is 4.90 Å². The lowest BCUT2D eigenvalue weighted by molar-refractivity contribution is 0.0195. The maximum atomic E-state index is 12.9. The van der Waals surface area contributed by atoms with Crippen molar-refractivity contribution in [3.63, 3.8) is 0 Å². The highest BCUT2D eigenvalue weighted by Gasteiger charge is 2.34. The van der Waals surface area contributed by atoms with Gasteiger partial charge in [0.2, 0.25) is 0 Å². The van der Waals surface area contributed by atoms with Crippen LogP contribution in [0.5, 0.6) is 0 Å². The molecule has 0 aliphatic carbocycles. The minimum atomic E-state index is 0.106. The molecule has 4 heteroatoms. The van der Waals surface area contributed by atoms with Gasteiger partial charge in [-0.3, -0.25) is 14.6 Å². The first kappa shape index (κ1) is 25.2. The molecule has 0 aromatic heterocycles. The Morgan fingerprint density at radius 3 is 1.97 bits per heavy atom. The summed E-state index contributed by atoms with van der Waals surface area (Å²) in [5, 5.41) is 0. The maximum absolute atomic E-state index is 12.9. The second-order valence-electron chi connectivity index (χ2n) is 9.72. The molecule has 1 fully saturated rings. The van der Waals surface area contributed by atoms with Crippen LogP contribution in [0.2, 0.25) is 0 Å². The van der Waals surface area contributed by atoms with Crippen molar-refractivity contribution in [1.82, 2.24) is 14.7 Å². The second-order valence-corrected chi connectivity index (χ2v) is 9.72. The van der Waals surface area contributed by atoms with Crippen LogP contribution in [0.4, 0.5) is 0 Å². The fourth-order valence-corrected chi connectivity index (χ4v) is 5.34. The fourth-order valence-electron chi connectivity index (χ4n) is 5.34. The third-order valence-electron chi connectivity index (χ3n) is 7.36. The standard InChI is InChI=1S/C31H39N3O/c1-5-32(6-2)31(35)29-19-17-28(18-20-29)30(27-15-11-8-12-16-27)34-22-24(3)33(21-25(34)4)23-26-13-9-7-10-14-26/h7-20,24-25,30H,5-6,21-23H2,1-4H3/t24-,25+,30+/m1/s1. The van der Waals surface area contributed by atoms with Gasteiger partial charge in [-0.15, -0.1) is 0 Å². The van der Waals surface area contributed by atoms with Gasteiger partial charge in [0.25, 0.3) is 5.91 Å². The summed E-state index contributed by atoms with van der Waals surface area (Å²) in [6, 6.07) is 30.9. The first-order chi connectivity index (χ1) is 17.0. The Bertz CT molecular complexity index is 1060. The first-order valence-electron chi connectivity index (χ1n) is 13.0. The molecule has 184 valence electrons. The number of amides is 1. The summed E-state index contributed by atoms with van der Waals surface area (Å²) in [4.78, 5) is 20.0. The van der Waals surface area contributed by atoms with Crippen LogP contribution in [-0.4, -0.2) is 58.9 Å². The van der Waals surface area contributed by atoms with Crippen molar-refractivity contribution in [2.45, 2.75) is 52.4 Å². The van der Waals surface area contributed by atoms with Gasteiger partial charge in [0.15, 0.2) is 0 Å². The molecule has 1 aliphatic rings. The Labute approximate surface area is 211 Å². The fraction of sp³-hybridized carbons (Fsp3) is 0.387. The molecule has 0 N–H and O–H groups in total. The van der Waals surface area contributed by atoms with Crippen LogP contribution in [0.15, 0.2) is 84.9 Å². The molecule has 3 aromatic rings. The van der Waals surface area contributed by atoms with E-state index in [9.17, 15) is 4.79 Å². The summed E-state index contributed by atoms with van der Waals surface area (Å²) in [6.07, 6.45) is 0. The summed E-state index contributed by atoms with van der Waals surface area (Å²) in [7, 11) is 0. The molecular formula is C31H39N3O. The number of hydrogen-bond acceptors (Lipinski definition) is 3. The van der Waals surface area contributed by atoms with Crippen LogP contribution in [-0.2, 0) is 6.54 Å². The van der Waals surface area contributed by atoms with Gasteiger partial charge in [0.05, 0.1) is 6.04 Å². The van der Waals surface area contributed by atoms with Gasteiger partial charge in [0, 0.05) is 50.4 Å². The van der Waals surface area contributed by atoms with E-state index in [1.807, 2.05) is 30.9 Å². The summed E-state index contributed by atoms with van der Waals surface area (Å²) in [5.41, 5.74) is 4.67. The van der Waals surface area contributed by atoms with Crippen molar-refractivity contribution < 1.29 is 4.79 Å². The van der Waals surface area contributed by atoms with Crippen LogP contribution in [0.3, 0.4) is 0 Å². The molecule has 1 amide bonds. The van der Waals surface area contributed by atoms with Crippen molar-refractivity contribution >= 4 is 5.91 Å². The smallest absolute Gasteiger partial charge is 0.253 e. The third kappa shape index (κ3) is 5.83. The molecule has 0 unspecified atom stereocenters. The van der Waals surface area contributed by atoms with E-state index in [4.69, 9.17) is 0 Å². The molecule has 0 saturated carbocycles. The Hall–Kier alpha value is -2.95. The van der Waals surface area contributed by atoms with E-state index in [1.165, 1.54) is 16.7 Å². The number of carbonyl (C=O) groups excluding carboxylic acids is 1. The SMILES string of the molecule is CCN(CC)C(=O)c1ccc([C@H](c2ccccc2)N2C[C@@H](C)N(Cc3ccccc3)C[C@@H]2C)cc1. The highest BCUT2D eigenvalue weighted by Crippen LogP contribution is 2.33. The number of benzene rings is 3. The topological polar surface area (TPSA) is 26.8 Å². The number of carbonyl (C=O) groups is 1. The molecule has 1 heterocycles. The third-order valence-corrected chi connectivity index (χ3v) is 7.36. The van der Waals surface area contributed by atoms with Gasteiger partial charge in [-0.2, -0.15) is 0 Å². The molecule has 3 aromatic carbocycles. The van der Waals surface area contributed by atoms with Crippen molar-refractivity contribution in [3.8, 4) is 0 Å². The van der Waals surface area contributed by atoms with E-state index in [1.54, 1.807) is 0 Å². The van der Waals surface area contributed by atoms with Crippen LogP contribution in [0.1, 0.15) is 60.8 Å². The Morgan fingerprint density at radius 2 is 1.37 bits per heavy atom. The quantitative estimate of drug-likeness (QED) is 0.414. The number of hydrogen-bond donors (Lipinski definition) is 0. The molecule has 1 saturated heterocycles. The summed E-state index contributed by atoms with van der Waals surface area (Å²) >= 11 is 0. The minimum Gasteiger partial charge on any atom is -0.339 e. The average molecular weight is 470 g/mol. The Balaban J connectivity index is 1.59. The lowest BCUT2D eigenvalue weighted by Crippen LogP contribution is -2.56. The number of piperazine rings is 1. The van der Waals surface area contributed by atoms with E-state index < -0.39 is 0 Å². The van der Waals surface area contributed by atoms with E-state index in [0.717, 1.165) is 38.3 Å². The molecule has 4 nitrogen and oxygen atoms in total. The zero-order valence-corrected chi connectivity index (χ0v) is 21.6. The van der Waals surface area contributed by atoms with Gasteiger partial charge in [-0.1, -0.05) is 72.8 Å². The lowest BCUT2D eigenvalue weighted by atomic mass is 9.92. The highest BCUT2D eigenvalue weighted by molar-refractivity contribution is 5.94. The van der Waals surface area contributed by atoms with Crippen molar-refractivity contribution in [2.75, 3.05) is 26.2 Å². The van der Waals surface area contributed by atoms with Crippen LogP contribution in [0, 0.1) is 0 Å². The molecular weight excluding hydrogens is 430 g/mol. The van der Waals surface area contributed by atoms with E-state index in [2.05, 4.69) is 96.4 Å². The molecule has 3 atom stereocenters. The van der Waals surface area contributed by atoms with Gasteiger partial charge in [-0.25, -0.2) is 0 Å². The second kappa shape index (κ2) is 11.7. The normalized spacial score (nSPS) is 19.9. The zero-order valence-electron chi connectivity index (χ0n) is 21.6. The van der Waals surface area contributed by atoms with E-state index in [-0.39, 0.29) is 11.9 Å². The lowest BCUT2D eigenvalue weighted by Gasteiger charge is -2.47. The largest absolute Gasteiger partial charge is 0.339 e. The molecule has 0 spiro atoms. The van der Waals surface area contributed by atoms with Crippen LogP contribution in [0.25, 0.3) is 0 Å². The average Bonchev–Trinajstić information content (AvgIpc) is 2.89. The summed E-state index contributed by atoms with van der Waals surface area (Å²) in [6.45, 7) is 13.2. The van der Waals surface area contributed by atoms with Gasteiger partial charge >= 0.3 is 0 Å². The predicted molar refractivity (Wildman–Crippen MR) is 144 cm³/mol. The zero-order chi connectivity index (χ0) is 24.8. The van der Waals surface area contributed by atoms with E-state index >= 15 is 0 Å². The maximum Gasteiger partial charge on any atom is 0.253 e.